The van der Waals surface area contributed by atoms with Gasteiger partial charge in [-0.25, -0.2) is 0 Å². The summed E-state index contributed by atoms with van der Waals surface area (Å²) in [6, 6.07) is 6.85. The zero-order chi connectivity index (χ0) is 12.6. The van der Waals surface area contributed by atoms with Crippen molar-refractivity contribution in [3.63, 3.8) is 0 Å². The summed E-state index contributed by atoms with van der Waals surface area (Å²) < 4.78 is 2.08. The molecule has 2 rings (SSSR count). The summed E-state index contributed by atoms with van der Waals surface area (Å²) >= 11 is 13.7. The molecule has 0 radical (unpaired) electrons. The molecule has 1 aromatic heterocycles. The van der Waals surface area contributed by atoms with E-state index < -0.39 is 0 Å². The van der Waals surface area contributed by atoms with Crippen molar-refractivity contribution in [1.82, 2.24) is 0 Å². The van der Waals surface area contributed by atoms with Crippen LogP contribution in [0.1, 0.15) is 15.2 Å². The van der Waals surface area contributed by atoms with E-state index >= 15 is 0 Å². The van der Waals surface area contributed by atoms with Gasteiger partial charge in [0.1, 0.15) is 4.34 Å². The number of nitrogen functional groups attached to an aromatic ring is 1. The van der Waals surface area contributed by atoms with E-state index in [1.54, 1.807) is 24.3 Å². The van der Waals surface area contributed by atoms with Crippen molar-refractivity contribution in [2.24, 2.45) is 0 Å². The first kappa shape index (κ1) is 13.1. The van der Waals surface area contributed by atoms with Gasteiger partial charge in [0.25, 0.3) is 0 Å². The van der Waals surface area contributed by atoms with E-state index in [4.69, 9.17) is 17.3 Å². The second-order valence-corrected chi connectivity index (χ2v) is 6.66. The van der Waals surface area contributed by atoms with Crippen LogP contribution in [0.15, 0.2) is 33.2 Å². The lowest BCUT2D eigenvalue weighted by Crippen LogP contribution is -2.00. The highest BCUT2D eigenvalue weighted by atomic mass is 79.9. The quantitative estimate of drug-likeness (QED) is 0.590. The molecule has 1 aromatic carbocycles. The lowest BCUT2D eigenvalue weighted by atomic mass is 10.1. The van der Waals surface area contributed by atoms with Crippen LogP contribution in [0.3, 0.4) is 0 Å². The van der Waals surface area contributed by atoms with Gasteiger partial charge in [-0.05, 0) is 56.1 Å². The maximum atomic E-state index is 12.1. The van der Waals surface area contributed by atoms with Crippen LogP contribution in [-0.4, -0.2) is 5.78 Å². The number of benzene rings is 1. The molecule has 0 aliphatic carbocycles. The van der Waals surface area contributed by atoms with E-state index in [0.29, 0.717) is 20.5 Å². The molecule has 17 heavy (non-hydrogen) atoms. The third-order valence-corrected chi connectivity index (χ3v) is 5.32. The molecule has 0 spiro atoms. The lowest BCUT2D eigenvalue weighted by Gasteiger charge is -2.01. The Hall–Kier alpha value is -0.360. The summed E-state index contributed by atoms with van der Waals surface area (Å²) in [7, 11) is 0. The monoisotopic (exact) mass is 393 g/mol. The highest BCUT2D eigenvalue weighted by Gasteiger charge is 2.15. The van der Waals surface area contributed by atoms with Gasteiger partial charge in [0.15, 0.2) is 0 Å². The SMILES string of the molecule is Nc1cc(C(=O)c2cc(Br)c(Cl)s2)ccc1Br. The van der Waals surface area contributed by atoms with Crippen molar-refractivity contribution in [2.45, 2.75) is 0 Å². The van der Waals surface area contributed by atoms with E-state index in [9.17, 15) is 4.79 Å². The van der Waals surface area contributed by atoms with Gasteiger partial charge in [-0.2, -0.15) is 0 Å². The second kappa shape index (κ2) is 5.10. The fourth-order valence-corrected chi connectivity index (χ4v) is 3.20. The molecule has 2 nitrogen and oxygen atoms in total. The van der Waals surface area contributed by atoms with Crippen molar-refractivity contribution in [3.8, 4) is 0 Å². The molecule has 0 aliphatic rings. The number of nitrogens with two attached hydrogens (primary N) is 1. The maximum absolute atomic E-state index is 12.1. The first-order valence-electron chi connectivity index (χ1n) is 4.53. The Morgan fingerprint density at radius 3 is 2.47 bits per heavy atom. The molecule has 0 unspecified atom stereocenters. The van der Waals surface area contributed by atoms with Gasteiger partial charge >= 0.3 is 0 Å². The van der Waals surface area contributed by atoms with Gasteiger partial charge in [-0.3, -0.25) is 4.79 Å². The molecular formula is C11H6Br2ClNOS. The third-order valence-electron chi connectivity index (χ3n) is 2.13. The minimum absolute atomic E-state index is 0.0817. The second-order valence-electron chi connectivity index (χ2n) is 3.30. The van der Waals surface area contributed by atoms with Crippen LogP contribution in [-0.2, 0) is 0 Å². The van der Waals surface area contributed by atoms with Gasteiger partial charge in [0.2, 0.25) is 5.78 Å². The van der Waals surface area contributed by atoms with E-state index in [1.165, 1.54) is 11.3 Å². The molecule has 0 bridgehead atoms. The van der Waals surface area contributed by atoms with Gasteiger partial charge < -0.3 is 5.73 Å². The predicted molar refractivity (Wildman–Crippen MR) is 79.0 cm³/mol. The van der Waals surface area contributed by atoms with Crippen molar-refractivity contribution in [2.75, 3.05) is 5.73 Å². The van der Waals surface area contributed by atoms with Crippen molar-refractivity contribution in [3.05, 3.63) is 48.0 Å². The molecule has 88 valence electrons. The number of hydrogen-bond donors (Lipinski definition) is 1. The molecule has 0 aliphatic heterocycles. The molecule has 6 heteroatoms. The number of rotatable bonds is 2. The molecule has 1 heterocycles. The highest BCUT2D eigenvalue weighted by Crippen LogP contribution is 2.33. The maximum Gasteiger partial charge on any atom is 0.203 e. The van der Waals surface area contributed by atoms with Gasteiger partial charge in [0, 0.05) is 20.2 Å². The van der Waals surface area contributed by atoms with Gasteiger partial charge in [0.05, 0.1) is 4.88 Å². The number of carbonyl (C=O) groups excluding carboxylic acids is 1. The van der Waals surface area contributed by atoms with Crippen LogP contribution in [0.2, 0.25) is 4.34 Å². The largest absolute Gasteiger partial charge is 0.398 e. The summed E-state index contributed by atoms with van der Waals surface area (Å²) in [4.78, 5) is 12.7. The molecule has 2 N–H and O–H groups in total. The van der Waals surface area contributed by atoms with Gasteiger partial charge in [-0.15, -0.1) is 11.3 Å². The van der Waals surface area contributed by atoms with Crippen LogP contribution in [0, 0.1) is 0 Å². The van der Waals surface area contributed by atoms with Crippen LogP contribution in [0.5, 0.6) is 0 Å². The fourth-order valence-electron chi connectivity index (χ4n) is 1.29. The topological polar surface area (TPSA) is 43.1 Å². The first-order chi connectivity index (χ1) is 7.99. The predicted octanol–water partition coefficient (Wildman–Crippen LogP) is 4.74. The lowest BCUT2D eigenvalue weighted by molar-refractivity contribution is 0.104. The standard InChI is InChI=1S/C11H6Br2ClNOS/c12-6-2-1-5(3-8(6)15)10(16)9-4-7(13)11(14)17-9/h1-4H,15H2. The van der Waals surface area contributed by atoms with Crippen molar-refractivity contribution < 1.29 is 4.79 Å². The number of carbonyl (C=O) groups is 1. The third kappa shape index (κ3) is 2.73. The summed E-state index contributed by atoms with van der Waals surface area (Å²) in [5, 5.41) is 0. The molecule has 2 aromatic rings. The van der Waals surface area contributed by atoms with E-state index in [0.717, 1.165) is 8.95 Å². The molecule has 0 atom stereocenters. The van der Waals surface area contributed by atoms with E-state index in [-0.39, 0.29) is 5.78 Å². The van der Waals surface area contributed by atoms with Crippen molar-refractivity contribution >= 4 is 66.3 Å². The molecule has 0 saturated carbocycles. The van der Waals surface area contributed by atoms with Crippen LogP contribution < -0.4 is 5.73 Å². The Morgan fingerprint density at radius 1 is 1.24 bits per heavy atom. The summed E-state index contributed by atoms with van der Waals surface area (Å²) in [5.74, 6) is -0.0817. The average Bonchev–Trinajstić information content (AvgIpc) is 2.62. The van der Waals surface area contributed by atoms with E-state index in [1.807, 2.05) is 0 Å². The summed E-state index contributed by atoms with van der Waals surface area (Å²) in [5.41, 5.74) is 6.83. The smallest absolute Gasteiger partial charge is 0.203 e. The fraction of sp³-hybridized carbons (Fsp3) is 0. The normalized spacial score (nSPS) is 10.5. The molecular weight excluding hydrogens is 389 g/mol. The molecule has 0 amide bonds. The zero-order valence-corrected chi connectivity index (χ0v) is 13.1. The Morgan fingerprint density at radius 2 is 1.94 bits per heavy atom. The van der Waals surface area contributed by atoms with Crippen molar-refractivity contribution in [1.29, 1.82) is 0 Å². The first-order valence-corrected chi connectivity index (χ1v) is 7.31. The average molecular weight is 396 g/mol. The van der Waals surface area contributed by atoms with Crippen LogP contribution in [0.25, 0.3) is 0 Å². The van der Waals surface area contributed by atoms with Gasteiger partial charge in [-0.1, -0.05) is 11.6 Å². The molecule has 0 saturated heterocycles. The van der Waals surface area contributed by atoms with Crippen LogP contribution >= 0.6 is 54.8 Å². The van der Waals surface area contributed by atoms with E-state index in [2.05, 4.69) is 31.9 Å². The number of halogens is 3. The Labute approximate surface area is 124 Å². The number of hydrogen-bond acceptors (Lipinski definition) is 3. The zero-order valence-electron chi connectivity index (χ0n) is 8.34. The number of ketones is 1. The highest BCUT2D eigenvalue weighted by molar-refractivity contribution is 9.11. The minimum Gasteiger partial charge on any atom is -0.398 e. The Balaban J connectivity index is 2.40. The summed E-state index contributed by atoms with van der Waals surface area (Å²) in [6.07, 6.45) is 0. The Kier molecular flexibility index (Phi) is 3.92. The summed E-state index contributed by atoms with van der Waals surface area (Å²) in [6.45, 7) is 0. The number of thiophene rings is 1. The van der Waals surface area contributed by atoms with Crippen LogP contribution in [0.4, 0.5) is 5.69 Å². The molecule has 0 fully saturated rings. The Bertz CT molecular complexity index is 578. The minimum atomic E-state index is -0.0817. The number of anilines is 1.